The van der Waals surface area contributed by atoms with Gasteiger partial charge in [0.15, 0.2) is 5.65 Å². The number of halogens is 1. The Balaban J connectivity index is 1.80. The summed E-state index contributed by atoms with van der Waals surface area (Å²) in [6.45, 7) is 2.62. The van der Waals surface area contributed by atoms with Gasteiger partial charge in [-0.05, 0) is 18.2 Å². The van der Waals surface area contributed by atoms with Crippen molar-refractivity contribution in [2.24, 2.45) is 0 Å². The maximum atomic E-state index is 12.4. The molecule has 2 aromatic heterocycles. The number of hydrogen-bond acceptors (Lipinski definition) is 6. The molecule has 0 bridgehead atoms. The van der Waals surface area contributed by atoms with Crippen LogP contribution in [0.2, 0.25) is 0 Å². The molecular weight excluding hydrogens is 390 g/mol. The number of nitrogens with one attached hydrogen (secondary N) is 1. The average Bonchev–Trinajstić information content (AvgIpc) is 3.07. The second-order valence-electron chi connectivity index (χ2n) is 5.62. The van der Waals surface area contributed by atoms with Crippen molar-refractivity contribution >= 4 is 32.9 Å². The van der Waals surface area contributed by atoms with Crippen LogP contribution in [0.4, 0.5) is 5.95 Å². The third-order valence-corrected chi connectivity index (χ3v) is 4.57. The number of fused-ring (bicyclic) bond motifs is 1. The third-order valence-electron chi connectivity index (χ3n) is 4.08. The van der Waals surface area contributed by atoms with Gasteiger partial charge in [0.1, 0.15) is 16.8 Å². The van der Waals surface area contributed by atoms with Gasteiger partial charge in [-0.3, -0.25) is 9.78 Å². The number of ether oxygens (including phenoxy) is 2. The van der Waals surface area contributed by atoms with Crippen molar-refractivity contribution in [3.05, 3.63) is 39.2 Å². The lowest BCUT2D eigenvalue weighted by atomic mass is 10.3. The number of aromatic amines is 1. The number of methoxy groups -OCH3 is 1. The van der Waals surface area contributed by atoms with Crippen molar-refractivity contribution in [1.29, 1.82) is 0 Å². The number of H-pyrrole nitrogens is 1. The lowest BCUT2D eigenvalue weighted by molar-refractivity contribution is 0.122. The Morgan fingerprint density at radius 3 is 2.88 bits per heavy atom. The Bertz CT molecular complexity index is 978. The van der Waals surface area contributed by atoms with E-state index >= 15 is 0 Å². The third kappa shape index (κ3) is 3.00. The van der Waals surface area contributed by atoms with Gasteiger partial charge in [0.2, 0.25) is 5.95 Å². The van der Waals surface area contributed by atoms with Crippen molar-refractivity contribution in [2.45, 2.75) is 0 Å². The fourth-order valence-corrected chi connectivity index (χ4v) is 3.13. The van der Waals surface area contributed by atoms with Crippen LogP contribution in [0.3, 0.4) is 0 Å². The van der Waals surface area contributed by atoms with E-state index in [-0.39, 0.29) is 5.56 Å². The minimum Gasteiger partial charge on any atom is -0.494 e. The number of aromatic nitrogens is 4. The summed E-state index contributed by atoms with van der Waals surface area (Å²) in [5, 5.41) is 4.90. The summed E-state index contributed by atoms with van der Waals surface area (Å²) in [5.74, 6) is 1.17. The molecule has 130 valence electrons. The van der Waals surface area contributed by atoms with Gasteiger partial charge in [-0.1, -0.05) is 15.9 Å². The first-order valence-corrected chi connectivity index (χ1v) is 8.61. The van der Waals surface area contributed by atoms with Crippen LogP contribution < -0.4 is 15.2 Å². The molecule has 1 aliphatic rings. The second-order valence-corrected chi connectivity index (χ2v) is 6.53. The van der Waals surface area contributed by atoms with E-state index in [1.165, 1.54) is 0 Å². The number of nitrogens with zero attached hydrogens (tertiary/aromatic N) is 4. The molecule has 0 atom stereocenters. The number of rotatable bonds is 3. The summed E-state index contributed by atoms with van der Waals surface area (Å²) in [6, 6.07) is 5.60. The normalized spacial score (nSPS) is 14.9. The summed E-state index contributed by atoms with van der Waals surface area (Å²) < 4.78 is 13.3. The molecule has 0 amide bonds. The number of benzene rings is 1. The minimum atomic E-state index is -0.214. The summed E-state index contributed by atoms with van der Waals surface area (Å²) in [7, 11) is 1.59. The monoisotopic (exact) mass is 405 g/mol. The van der Waals surface area contributed by atoms with Crippen molar-refractivity contribution in [2.75, 3.05) is 38.3 Å². The molecule has 3 aromatic rings. The number of morpholine rings is 1. The van der Waals surface area contributed by atoms with Gasteiger partial charge < -0.3 is 14.4 Å². The van der Waals surface area contributed by atoms with Gasteiger partial charge in [-0.2, -0.15) is 4.98 Å². The molecule has 1 saturated heterocycles. The topological polar surface area (TPSA) is 85.3 Å². The quantitative estimate of drug-likeness (QED) is 0.713. The summed E-state index contributed by atoms with van der Waals surface area (Å²) >= 11 is 3.42. The zero-order valence-electron chi connectivity index (χ0n) is 13.5. The van der Waals surface area contributed by atoms with E-state index < -0.39 is 0 Å². The highest BCUT2D eigenvalue weighted by Gasteiger charge is 2.17. The number of hydrogen-bond donors (Lipinski definition) is 1. The van der Waals surface area contributed by atoms with Gasteiger partial charge in [0, 0.05) is 23.8 Å². The molecule has 0 radical (unpaired) electrons. The van der Waals surface area contributed by atoms with Crippen molar-refractivity contribution in [1.82, 2.24) is 19.7 Å². The Kier molecular flexibility index (Phi) is 4.18. The van der Waals surface area contributed by atoms with E-state index in [0.29, 0.717) is 49.0 Å². The lowest BCUT2D eigenvalue weighted by Gasteiger charge is -2.26. The summed E-state index contributed by atoms with van der Waals surface area (Å²) in [5.41, 5.74) is 0.917. The van der Waals surface area contributed by atoms with Crippen LogP contribution in [0.1, 0.15) is 0 Å². The predicted octanol–water partition coefficient (Wildman–Crippen LogP) is 1.72. The van der Waals surface area contributed by atoms with Crippen LogP contribution in [0.15, 0.2) is 33.7 Å². The molecule has 1 aliphatic heterocycles. The zero-order chi connectivity index (χ0) is 17.4. The molecule has 1 N–H and O–H groups in total. The van der Waals surface area contributed by atoms with Crippen molar-refractivity contribution < 1.29 is 9.47 Å². The molecular formula is C16H16BrN5O3. The van der Waals surface area contributed by atoms with Gasteiger partial charge >= 0.3 is 0 Å². The molecule has 0 saturated carbocycles. The standard InChI is InChI=1S/C16H16BrN5O3/c1-24-13-8-10(17)2-3-12(13)22-9-11-14(20-22)18-16(19-15(11)23)21-4-6-25-7-5-21/h2-3,8-9H,4-7H2,1H3,(H,18,19,20,23). The molecule has 0 aliphatic carbocycles. The lowest BCUT2D eigenvalue weighted by Crippen LogP contribution is -2.38. The van der Waals surface area contributed by atoms with Gasteiger partial charge in [-0.15, -0.1) is 5.10 Å². The maximum Gasteiger partial charge on any atom is 0.263 e. The Morgan fingerprint density at radius 2 is 2.12 bits per heavy atom. The average molecular weight is 406 g/mol. The highest BCUT2D eigenvalue weighted by molar-refractivity contribution is 9.10. The van der Waals surface area contributed by atoms with E-state index in [1.807, 2.05) is 23.1 Å². The van der Waals surface area contributed by atoms with Crippen molar-refractivity contribution in [3.8, 4) is 11.4 Å². The molecule has 9 heteroatoms. The minimum absolute atomic E-state index is 0.214. The van der Waals surface area contributed by atoms with E-state index in [1.54, 1.807) is 18.0 Å². The van der Waals surface area contributed by atoms with Crippen LogP contribution in [0, 0.1) is 0 Å². The summed E-state index contributed by atoms with van der Waals surface area (Å²) in [4.78, 5) is 21.8. The van der Waals surface area contributed by atoms with Gasteiger partial charge in [0.25, 0.3) is 5.56 Å². The predicted molar refractivity (Wildman–Crippen MR) is 96.8 cm³/mol. The number of anilines is 1. The van der Waals surface area contributed by atoms with E-state index in [0.717, 1.165) is 10.2 Å². The highest BCUT2D eigenvalue weighted by atomic mass is 79.9. The zero-order valence-corrected chi connectivity index (χ0v) is 15.1. The Labute approximate surface area is 151 Å². The van der Waals surface area contributed by atoms with Crippen molar-refractivity contribution in [3.63, 3.8) is 0 Å². The SMILES string of the molecule is COc1cc(Br)ccc1-n1cc2c(=O)[nH]c(N3CCOCC3)nc2n1. The first kappa shape index (κ1) is 16.1. The van der Waals surface area contributed by atoms with Gasteiger partial charge in [0.05, 0.1) is 20.3 Å². The Hall–Kier alpha value is -2.39. The fourth-order valence-electron chi connectivity index (χ4n) is 2.79. The van der Waals surface area contributed by atoms with E-state index in [2.05, 4.69) is 31.0 Å². The smallest absolute Gasteiger partial charge is 0.263 e. The van der Waals surface area contributed by atoms with Gasteiger partial charge in [-0.25, -0.2) is 4.68 Å². The summed E-state index contributed by atoms with van der Waals surface area (Å²) in [6.07, 6.45) is 1.66. The second kappa shape index (κ2) is 6.49. The van der Waals surface area contributed by atoms with Crippen LogP contribution in [0.5, 0.6) is 5.75 Å². The fraction of sp³-hybridized carbons (Fsp3) is 0.312. The molecule has 1 aromatic carbocycles. The molecule has 4 rings (SSSR count). The molecule has 0 unspecified atom stereocenters. The highest BCUT2D eigenvalue weighted by Crippen LogP contribution is 2.27. The van der Waals surface area contributed by atoms with Crippen LogP contribution in [-0.2, 0) is 4.74 Å². The molecule has 0 spiro atoms. The van der Waals surface area contributed by atoms with E-state index in [4.69, 9.17) is 9.47 Å². The molecule has 8 nitrogen and oxygen atoms in total. The Morgan fingerprint density at radius 1 is 1.32 bits per heavy atom. The first-order chi connectivity index (χ1) is 12.2. The molecule has 1 fully saturated rings. The largest absolute Gasteiger partial charge is 0.494 e. The van der Waals surface area contributed by atoms with Crippen LogP contribution >= 0.6 is 15.9 Å². The first-order valence-electron chi connectivity index (χ1n) is 7.82. The maximum absolute atomic E-state index is 12.4. The molecule has 3 heterocycles. The molecule has 25 heavy (non-hydrogen) atoms. The van der Waals surface area contributed by atoms with Crippen LogP contribution in [-0.4, -0.2) is 53.2 Å². The van der Waals surface area contributed by atoms with Crippen LogP contribution in [0.25, 0.3) is 16.7 Å². The van der Waals surface area contributed by atoms with E-state index in [9.17, 15) is 4.79 Å².